The Morgan fingerprint density at radius 1 is 1.12 bits per heavy atom. The highest BCUT2D eigenvalue weighted by Crippen LogP contribution is 2.25. The van der Waals surface area contributed by atoms with E-state index in [2.05, 4.69) is 37.0 Å². The highest BCUT2D eigenvalue weighted by molar-refractivity contribution is 5.79. The lowest BCUT2D eigenvalue weighted by molar-refractivity contribution is -0.128. The fourth-order valence-corrected chi connectivity index (χ4v) is 4.08. The number of piperidine rings is 1. The molecule has 5 N–H and O–H groups in total. The van der Waals surface area contributed by atoms with Gasteiger partial charge in [0.2, 0.25) is 11.9 Å². The summed E-state index contributed by atoms with van der Waals surface area (Å²) in [5.41, 5.74) is 13.8. The highest BCUT2D eigenvalue weighted by atomic mass is 16.5. The van der Waals surface area contributed by atoms with Gasteiger partial charge in [-0.2, -0.15) is 4.98 Å². The average molecular weight is 436 g/mol. The number of nitrogens with two attached hydrogens (primary N) is 2. The Kier molecular flexibility index (Phi) is 6.71. The minimum absolute atomic E-state index is 0.0656. The first kappa shape index (κ1) is 21.8. The molecule has 0 saturated carbocycles. The van der Waals surface area contributed by atoms with Crippen LogP contribution in [0.15, 0.2) is 18.3 Å². The number of ether oxygens (including phenoxy) is 1. The molecule has 32 heavy (non-hydrogen) atoms. The van der Waals surface area contributed by atoms with Gasteiger partial charge in [-0.1, -0.05) is 11.8 Å². The fraction of sp³-hybridized carbons (Fsp3) is 0.478. The van der Waals surface area contributed by atoms with Crippen LogP contribution in [-0.4, -0.2) is 53.2 Å². The smallest absolute Gasteiger partial charge is 0.223 e. The van der Waals surface area contributed by atoms with Gasteiger partial charge >= 0.3 is 0 Å². The molecule has 0 bridgehead atoms. The van der Waals surface area contributed by atoms with Crippen LogP contribution in [0.2, 0.25) is 0 Å². The zero-order valence-electron chi connectivity index (χ0n) is 18.3. The summed E-state index contributed by atoms with van der Waals surface area (Å²) in [6.45, 7) is 4.73. The molecule has 4 rings (SSSR count). The summed E-state index contributed by atoms with van der Waals surface area (Å²) in [7, 11) is 0. The molecule has 2 aliphatic heterocycles. The summed E-state index contributed by atoms with van der Waals surface area (Å²) in [4.78, 5) is 27.6. The second-order valence-corrected chi connectivity index (χ2v) is 8.24. The molecule has 9 heteroatoms. The second-order valence-electron chi connectivity index (χ2n) is 8.24. The Bertz CT molecular complexity index is 1020. The molecule has 0 atom stereocenters. The third kappa shape index (κ3) is 5.26. The van der Waals surface area contributed by atoms with Crippen molar-refractivity contribution >= 4 is 23.5 Å². The molecule has 2 aliphatic rings. The first-order valence-electron chi connectivity index (χ1n) is 11.0. The van der Waals surface area contributed by atoms with Crippen molar-refractivity contribution in [3.8, 4) is 11.8 Å². The van der Waals surface area contributed by atoms with Crippen LogP contribution in [0.3, 0.4) is 0 Å². The van der Waals surface area contributed by atoms with Crippen molar-refractivity contribution in [2.75, 3.05) is 42.7 Å². The summed E-state index contributed by atoms with van der Waals surface area (Å²) in [6, 6.07) is 3.71. The molecule has 0 aliphatic carbocycles. The van der Waals surface area contributed by atoms with Crippen molar-refractivity contribution in [3.63, 3.8) is 0 Å². The van der Waals surface area contributed by atoms with Gasteiger partial charge in [-0.05, 0) is 44.7 Å². The van der Waals surface area contributed by atoms with E-state index in [1.807, 2.05) is 13.0 Å². The number of aryl methyl sites for hydroxylation is 1. The van der Waals surface area contributed by atoms with E-state index in [0.29, 0.717) is 19.0 Å². The van der Waals surface area contributed by atoms with Crippen molar-refractivity contribution in [2.24, 2.45) is 5.92 Å². The van der Waals surface area contributed by atoms with Crippen LogP contribution in [0, 0.1) is 24.7 Å². The third-order valence-electron chi connectivity index (χ3n) is 5.94. The minimum Gasteiger partial charge on any atom is -0.384 e. The standard InChI is InChI=1S/C23H29N7O2/c1-15-19(4-2-16-3-5-20(24)26-14-16)21(29-23(25)27-15)30-10-6-18(7-11-30)28-22(31)17-8-12-32-13-9-17/h3,5,14,17-18H,6-13H2,1H3,(H2,24,26)(H,28,31)(H2,25,27,29). The minimum atomic E-state index is 0.0656. The zero-order chi connectivity index (χ0) is 22.5. The number of nitrogen functional groups attached to an aromatic ring is 2. The number of nitrogens with zero attached hydrogens (tertiary/aromatic N) is 4. The summed E-state index contributed by atoms with van der Waals surface area (Å²) >= 11 is 0. The summed E-state index contributed by atoms with van der Waals surface area (Å²) in [5.74, 6) is 7.94. The van der Waals surface area contributed by atoms with Gasteiger partial charge in [0.05, 0.1) is 11.3 Å². The number of hydrogen-bond donors (Lipinski definition) is 3. The van der Waals surface area contributed by atoms with E-state index in [9.17, 15) is 4.79 Å². The Labute approximate surface area is 188 Å². The number of carbonyl (C=O) groups excluding carboxylic acids is 1. The molecular formula is C23H29N7O2. The number of anilines is 3. The van der Waals surface area contributed by atoms with Crippen LogP contribution < -0.4 is 21.7 Å². The van der Waals surface area contributed by atoms with Crippen LogP contribution >= 0.6 is 0 Å². The molecular weight excluding hydrogens is 406 g/mol. The van der Waals surface area contributed by atoms with Gasteiger partial charge in [0.15, 0.2) is 0 Å². The predicted octanol–water partition coefficient (Wildman–Crippen LogP) is 1.26. The lowest BCUT2D eigenvalue weighted by Crippen LogP contribution is -2.47. The number of aromatic nitrogens is 3. The van der Waals surface area contributed by atoms with Gasteiger partial charge in [-0.15, -0.1) is 0 Å². The molecule has 0 spiro atoms. The summed E-state index contributed by atoms with van der Waals surface area (Å²) < 4.78 is 5.36. The fourth-order valence-electron chi connectivity index (χ4n) is 4.08. The van der Waals surface area contributed by atoms with E-state index in [-0.39, 0.29) is 23.8 Å². The maximum Gasteiger partial charge on any atom is 0.223 e. The first-order valence-corrected chi connectivity index (χ1v) is 11.0. The Morgan fingerprint density at radius 3 is 2.56 bits per heavy atom. The van der Waals surface area contributed by atoms with Gasteiger partial charge in [-0.3, -0.25) is 4.79 Å². The quantitative estimate of drug-likeness (QED) is 0.614. The van der Waals surface area contributed by atoms with Crippen molar-refractivity contribution in [3.05, 3.63) is 35.2 Å². The molecule has 2 saturated heterocycles. The molecule has 0 unspecified atom stereocenters. The van der Waals surface area contributed by atoms with Crippen molar-refractivity contribution in [2.45, 2.75) is 38.6 Å². The van der Waals surface area contributed by atoms with E-state index in [1.165, 1.54) is 0 Å². The average Bonchev–Trinajstić information content (AvgIpc) is 2.80. The molecule has 2 aromatic heterocycles. The molecule has 2 aromatic rings. The van der Waals surface area contributed by atoms with Gasteiger partial charge < -0.3 is 26.4 Å². The van der Waals surface area contributed by atoms with E-state index in [4.69, 9.17) is 16.2 Å². The van der Waals surface area contributed by atoms with E-state index in [1.54, 1.807) is 12.3 Å². The van der Waals surface area contributed by atoms with Crippen LogP contribution in [0.1, 0.15) is 42.5 Å². The topological polar surface area (TPSA) is 132 Å². The first-order chi connectivity index (χ1) is 15.5. The van der Waals surface area contributed by atoms with Gasteiger partial charge in [0, 0.05) is 50.0 Å². The van der Waals surface area contributed by atoms with E-state index < -0.39 is 0 Å². The largest absolute Gasteiger partial charge is 0.384 e. The van der Waals surface area contributed by atoms with Crippen LogP contribution in [-0.2, 0) is 9.53 Å². The van der Waals surface area contributed by atoms with Crippen LogP contribution in [0.4, 0.5) is 17.6 Å². The van der Waals surface area contributed by atoms with E-state index >= 15 is 0 Å². The number of nitrogens with one attached hydrogen (secondary N) is 1. The molecule has 0 aromatic carbocycles. The highest BCUT2D eigenvalue weighted by Gasteiger charge is 2.27. The monoisotopic (exact) mass is 435 g/mol. The number of amides is 1. The van der Waals surface area contributed by atoms with Crippen LogP contribution in [0.25, 0.3) is 0 Å². The lowest BCUT2D eigenvalue weighted by Gasteiger charge is -2.34. The molecule has 4 heterocycles. The molecule has 168 valence electrons. The maximum absolute atomic E-state index is 12.6. The predicted molar refractivity (Wildman–Crippen MR) is 123 cm³/mol. The Balaban J connectivity index is 1.45. The lowest BCUT2D eigenvalue weighted by atomic mass is 9.97. The molecule has 9 nitrogen and oxygen atoms in total. The van der Waals surface area contributed by atoms with Crippen molar-refractivity contribution in [1.82, 2.24) is 20.3 Å². The van der Waals surface area contributed by atoms with Crippen molar-refractivity contribution < 1.29 is 9.53 Å². The normalized spacial score (nSPS) is 17.5. The second kappa shape index (κ2) is 9.83. The number of rotatable bonds is 3. The summed E-state index contributed by atoms with van der Waals surface area (Å²) in [6.07, 6.45) is 4.92. The number of carbonyl (C=O) groups is 1. The zero-order valence-corrected chi connectivity index (χ0v) is 18.3. The Morgan fingerprint density at radius 2 is 1.88 bits per heavy atom. The van der Waals surface area contributed by atoms with Gasteiger partial charge in [0.25, 0.3) is 0 Å². The van der Waals surface area contributed by atoms with E-state index in [0.717, 1.165) is 61.4 Å². The van der Waals surface area contributed by atoms with Gasteiger partial charge in [-0.25, -0.2) is 9.97 Å². The molecule has 1 amide bonds. The third-order valence-corrected chi connectivity index (χ3v) is 5.94. The summed E-state index contributed by atoms with van der Waals surface area (Å²) in [5, 5.41) is 3.23. The van der Waals surface area contributed by atoms with Crippen molar-refractivity contribution in [1.29, 1.82) is 0 Å². The molecule has 0 radical (unpaired) electrons. The Hall–Kier alpha value is -3.38. The number of hydrogen-bond acceptors (Lipinski definition) is 8. The van der Waals surface area contributed by atoms with Gasteiger partial charge in [0.1, 0.15) is 11.6 Å². The maximum atomic E-state index is 12.6. The van der Waals surface area contributed by atoms with Crippen LogP contribution in [0.5, 0.6) is 0 Å². The molecule has 2 fully saturated rings. The number of pyridine rings is 1. The SMILES string of the molecule is Cc1nc(N)nc(N2CCC(NC(=O)C3CCOCC3)CC2)c1C#Cc1ccc(N)nc1.